The predicted molar refractivity (Wildman–Crippen MR) is 56.6 cm³/mol. The van der Waals surface area contributed by atoms with Crippen molar-refractivity contribution in [1.82, 2.24) is 4.98 Å². The fourth-order valence-electron chi connectivity index (χ4n) is 1.30. The van der Waals surface area contributed by atoms with Crippen molar-refractivity contribution in [3.63, 3.8) is 0 Å². The number of esters is 1. The summed E-state index contributed by atoms with van der Waals surface area (Å²) in [6, 6.07) is 0. The summed E-state index contributed by atoms with van der Waals surface area (Å²) in [7, 11) is 1.06. The van der Waals surface area contributed by atoms with Crippen LogP contribution in [0.5, 0.6) is 0 Å². The van der Waals surface area contributed by atoms with Crippen LogP contribution in [-0.2, 0) is 16.0 Å². The van der Waals surface area contributed by atoms with E-state index in [-0.39, 0.29) is 0 Å². The molecular formula is C9H7ClF2N2O4. The zero-order valence-corrected chi connectivity index (χ0v) is 9.78. The molecule has 1 heterocycles. The molecule has 0 aromatic carbocycles. The number of hydrogen-bond acceptors (Lipinski definition) is 5. The molecule has 0 saturated carbocycles. The van der Waals surface area contributed by atoms with Crippen LogP contribution in [-0.4, -0.2) is 23.0 Å². The minimum Gasteiger partial charge on any atom is -0.469 e. The van der Waals surface area contributed by atoms with Crippen molar-refractivity contribution < 1.29 is 23.2 Å². The smallest absolute Gasteiger partial charge is 0.311 e. The highest BCUT2D eigenvalue weighted by molar-refractivity contribution is 6.32. The highest BCUT2D eigenvalue weighted by atomic mass is 35.5. The Bertz CT molecular complexity index is 496. The summed E-state index contributed by atoms with van der Waals surface area (Å²) in [6.45, 7) is 0. The zero-order valence-electron chi connectivity index (χ0n) is 9.02. The standard InChI is InChI=1S/C9H7ClF2N2O4/c1-18-6(15)2-5-7(9(11)12)8(14(16)17)4(10)3-13-5/h3,9H,2H2,1H3. The van der Waals surface area contributed by atoms with Crippen molar-refractivity contribution in [3.8, 4) is 0 Å². The lowest BCUT2D eigenvalue weighted by atomic mass is 10.1. The average molecular weight is 281 g/mol. The molecule has 0 unspecified atom stereocenters. The quantitative estimate of drug-likeness (QED) is 0.480. The van der Waals surface area contributed by atoms with Crippen LogP contribution in [0.25, 0.3) is 0 Å². The van der Waals surface area contributed by atoms with Crippen molar-refractivity contribution in [2.24, 2.45) is 0 Å². The monoisotopic (exact) mass is 280 g/mol. The molecule has 0 fully saturated rings. The van der Waals surface area contributed by atoms with E-state index in [4.69, 9.17) is 11.6 Å². The van der Waals surface area contributed by atoms with E-state index in [9.17, 15) is 23.7 Å². The number of nitrogens with zero attached hydrogens (tertiary/aromatic N) is 2. The number of alkyl halides is 2. The SMILES string of the molecule is COC(=O)Cc1ncc(Cl)c([N+](=O)[O-])c1C(F)F. The fraction of sp³-hybridized carbons (Fsp3) is 0.333. The van der Waals surface area contributed by atoms with Crippen LogP contribution in [0.15, 0.2) is 6.20 Å². The number of methoxy groups -OCH3 is 1. The van der Waals surface area contributed by atoms with Gasteiger partial charge in [0.1, 0.15) is 10.6 Å². The molecule has 0 radical (unpaired) electrons. The first kappa shape index (κ1) is 14.2. The first-order chi connectivity index (χ1) is 8.38. The Hall–Kier alpha value is -1.83. The highest BCUT2D eigenvalue weighted by Gasteiger charge is 2.30. The lowest BCUT2D eigenvalue weighted by molar-refractivity contribution is -0.386. The molecule has 0 aliphatic heterocycles. The third-order valence-corrected chi connectivity index (χ3v) is 2.34. The van der Waals surface area contributed by atoms with Gasteiger partial charge in [0.05, 0.1) is 30.3 Å². The van der Waals surface area contributed by atoms with Gasteiger partial charge >= 0.3 is 5.97 Å². The second-order valence-corrected chi connectivity index (χ2v) is 3.53. The number of rotatable bonds is 4. The largest absolute Gasteiger partial charge is 0.469 e. The van der Waals surface area contributed by atoms with Crippen LogP contribution >= 0.6 is 11.6 Å². The Morgan fingerprint density at radius 2 is 2.28 bits per heavy atom. The number of pyridine rings is 1. The molecule has 0 amide bonds. The molecule has 98 valence electrons. The lowest BCUT2D eigenvalue weighted by Crippen LogP contribution is -2.11. The Kier molecular flexibility index (Phi) is 4.49. The molecule has 6 nitrogen and oxygen atoms in total. The maximum atomic E-state index is 12.8. The number of nitro groups is 1. The highest BCUT2D eigenvalue weighted by Crippen LogP contribution is 2.36. The van der Waals surface area contributed by atoms with E-state index in [1.807, 2.05) is 0 Å². The summed E-state index contributed by atoms with van der Waals surface area (Å²) in [5.41, 5.74) is -2.33. The van der Waals surface area contributed by atoms with Crippen LogP contribution in [0.4, 0.5) is 14.5 Å². The lowest BCUT2D eigenvalue weighted by Gasteiger charge is -2.08. The molecule has 18 heavy (non-hydrogen) atoms. The summed E-state index contributed by atoms with van der Waals surface area (Å²) in [4.78, 5) is 24.2. The molecule has 1 rings (SSSR count). The van der Waals surface area contributed by atoms with E-state index in [0.717, 1.165) is 13.3 Å². The fourth-order valence-corrected chi connectivity index (χ4v) is 1.51. The van der Waals surface area contributed by atoms with Crippen molar-refractivity contribution in [2.45, 2.75) is 12.8 Å². The molecule has 0 saturated heterocycles. The normalized spacial score (nSPS) is 10.5. The summed E-state index contributed by atoms with van der Waals surface area (Å²) >= 11 is 5.46. The van der Waals surface area contributed by atoms with Gasteiger partial charge in [0.2, 0.25) is 0 Å². The molecule has 1 aromatic heterocycles. The van der Waals surface area contributed by atoms with Gasteiger partial charge in [-0.15, -0.1) is 0 Å². The maximum absolute atomic E-state index is 12.8. The number of carbonyl (C=O) groups is 1. The van der Waals surface area contributed by atoms with E-state index < -0.39 is 45.7 Å². The van der Waals surface area contributed by atoms with Gasteiger partial charge in [-0.3, -0.25) is 19.9 Å². The molecule has 0 aliphatic carbocycles. The first-order valence-electron chi connectivity index (χ1n) is 4.55. The number of hydrogen-bond donors (Lipinski definition) is 0. The number of halogens is 3. The van der Waals surface area contributed by atoms with Crippen molar-refractivity contribution in [2.75, 3.05) is 7.11 Å². The Balaban J connectivity index is 3.39. The second kappa shape index (κ2) is 5.67. The van der Waals surface area contributed by atoms with Crippen molar-refractivity contribution >= 4 is 23.3 Å². The molecule has 1 aromatic rings. The van der Waals surface area contributed by atoms with Crippen LogP contribution in [0.3, 0.4) is 0 Å². The Morgan fingerprint density at radius 3 is 2.72 bits per heavy atom. The van der Waals surface area contributed by atoms with E-state index in [0.29, 0.717) is 0 Å². The average Bonchev–Trinajstić information content (AvgIpc) is 2.29. The van der Waals surface area contributed by atoms with E-state index in [1.54, 1.807) is 0 Å². The van der Waals surface area contributed by atoms with E-state index in [1.165, 1.54) is 0 Å². The van der Waals surface area contributed by atoms with Gasteiger partial charge in [0.15, 0.2) is 0 Å². The maximum Gasteiger partial charge on any atom is 0.311 e. The summed E-state index contributed by atoms with van der Waals surface area (Å²) in [6.07, 6.45) is -2.91. The minimum absolute atomic E-state index is 0.423. The van der Waals surface area contributed by atoms with Crippen molar-refractivity contribution in [3.05, 3.63) is 32.6 Å². The zero-order chi connectivity index (χ0) is 13.9. The van der Waals surface area contributed by atoms with Gasteiger partial charge in [-0.05, 0) is 0 Å². The molecular weight excluding hydrogens is 274 g/mol. The summed E-state index contributed by atoms with van der Waals surface area (Å²) in [5.74, 6) is -0.832. The van der Waals surface area contributed by atoms with E-state index in [2.05, 4.69) is 9.72 Å². The molecule has 0 N–H and O–H groups in total. The summed E-state index contributed by atoms with van der Waals surface area (Å²) in [5, 5.41) is 10.2. The van der Waals surface area contributed by atoms with Crippen LogP contribution < -0.4 is 0 Å². The number of carbonyl (C=O) groups excluding carboxylic acids is 1. The third-order valence-electron chi connectivity index (χ3n) is 2.07. The molecule has 0 spiro atoms. The van der Waals surface area contributed by atoms with Crippen LogP contribution in [0, 0.1) is 10.1 Å². The number of aromatic nitrogens is 1. The predicted octanol–water partition coefficient (Wildman–Crippen LogP) is 2.30. The van der Waals surface area contributed by atoms with Gasteiger partial charge in [0, 0.05) is 0 Å². The molecule has 0 bridgehead atoms. The molecule has 0 aliphatic rings. The van der Waals surface area contributed by atoms with Crippen molar-refractivity contribution in [1.29, 1.82) is 0 Å². The Labute approximate surface area is 105 Å². The van der Waals surface area contributed by atoms with Gasteiger partial charge < -0.3 is 4.74 Å². The summed E-state index contributed by atoms with van der Waals surface area (Å²) < 4.78 is 29.9. The van der Waals surface area contributed by atoms with Gasteiger partial charge in [0.25, 0.3) is 12.1 Å². The van der Waals surface area contributed by atoms with Gasteiger partial charge in [-0.25, -0.2) is 8.78 Å². The van der Waals surface area contributed by atoms with Crippen LogP contribution in [0.1, 0.15) is 17.7 Å². The van der Waals surface area contributed by atoms with Gasteiger partial charge in [-0.1, -0.05) is 11.6 Å². The van der Waals surface area contributed by atoms with Crippen LogP contribution in [0.2, 0.25) is 5.02 Å². The Morgan fingerprint density at radius 1 is 1.67 bits per heavy atom. The second-order valence-electron chi connectivity index (χ2n) is 3.13. The topological polar surface area (TPSA) is 82.3 Å². The third kappa shape index (κ3) is 2.89. The molecule has 9 heteroatoms. The number of ether oxygens (including phenoxy) is 1. The van der Waals surface area contributed by atoms with E-state index >= 15 is 0 Å². The van der Waals surface area contributed by atoms with Gasteiger partial charge in [-0.2, -0.15) is 0 Å². The molecule has 0 atom stereocenters. The first-order valence-corrected chi connectivity index (χ1v) is 4.92. The minimum atomic E-state index is -3.17.